The van der Waals surface area contributed by atoms with Crippen LogP contribution >= 0.6 is 0 Å². The molecule has 1 nitrogen and oxygen atoms in total. The van der Waals surface area contributed by atoms with Crippen molar-refractivity contribution in [3.05, 3.63) is 35.4 Å². The molecule has 0 fully saturated rings. The number of aryl methyl sites for hydroxylation is 1. The first-order valence-corrected chi connectivity index (χ1v) is 5.18. The van der Waals surface area contributed by atoms with E-state index in [1.54, 1.807) is 6.92 Å². The second kappa shape index (κ2) is 4.94. The smallest absolute Gasteiger partial charge is 0.130 e. The van der Waals surface area contributed by atoms with E-state index >= 15 is 0 Å². The number of hydrogen-bond donors (Lipinski definition) is 0. The largest absolute Gasteiger partial charge is 0.300 e. The average molecular weight is 190 g/mol. The fourth-order valence-corrected chi connectivity index (χ4v) is 1.43. The van der Waals surface area contributed by atoms with Gasteiger partial charge >= 0.3 is 0 Å². The minimum absolute atomic E-state index is 0.264. The summed E-state index contributed by atoms with van der Waals surface area (Å²) in [7, 11) is 0. The number of ketones is 1. The molecule has 1 rings (SSSR count). The molecule has 0 aliphatic carbocycles. The van der Waals surface area contributed by atoms with Gasteiger partial charge in [-0.15, -0.1) is 0 Å². The van der Waals surface area contributed by atoms with E-state index < -0.39 is 0 Å². The second-order valence-corrected chi connectivity index (χ2v) is 4.10. The summed E-state index contributed by atoms with van der Waals surface area (Å²) in [6.07, 6.45) is 1.53. The second-order valence-electron chi connectivity index (χ2n) is 4.10. The fraction of sp³-hybridized carbons (Fsp3) is 0.462. The summed E-state index contributed by atoms with van der Waals surface area (Å²) >= 11 is 0. The van der Waals surface area contributed by atoms with Crippen LogP contribution in [-0.2, 0) is 11.2 Å². The molecule has 0 bridgehead atoms. The zero-order valence-corrected chi connectivity index (χ0v) is 9.21. The van der Waals surface area contributed by atoms with Crippen molar-refractivity contribution in [2.24, 2.45) is 0 Å². The topological polar surface area (TPSA) is 17.1 Å². The van der Waals surface area contributed by atoms with Crippen molar-refractivity contribution in [2.45, 2.75) is 39.5 Å². The third kappa shape index (κ3) is 3.33. The van der Waals surface area contributed by atoms with E-state index in [1.807, 2.05) is 0 Å². The van der Waals surface area contributed by atoms with Crippen LogP contribution in [0.3, 0.4) is 0 Å². The first-order valence-electron chi connectivity index (χ1n) is 5.18. The first kappa shape index (κ1) is 11.0. The van der Waals surface area contributed by atoms with Crippen LogP contribution in [-0.4, -0.2) is 5.78 Å². The molecule has 0 aliphatic heterocycles. The number of hydrogen-bond acceptors (Lipinski definition) is 1. The maximum absolute atomic E-state index is 10.8. The molecule has 0 heterocycles. The van der Waals surface area contributed by atoms with Gasteiger partial charge in [0.2, 0.25) is 0 Å². The molecule has 0 N–H and O–H groups in total. The highest BCUT2D eigenvalue weighted by Gasteiger charge is 2.01. The van der Waals surface area contributed by atoms with Gasteiger partial charge in [0, 0.05) is 6.42 Å². The Hall–Kier alpha value is -1.11. The van der Waals surface area contributed by atoms with Crippen LogP contribution in [0.15, 0.2) is 24.3 Å². The van der Waals surface area contributed by atoms with E-state index in [4.69, 9.17) is 0 Å². The van der Waals surface area contributed by atoms with Gasteiger partial charge in [0.05, 0.1) is 0 Å². The number of benzene rings is 1. The van der Waals surface area contributed by atoms with Crippen molar-refractivity contribution in [1.82, 2.24) is 0 Å². The summed E-state index contributed by atoms with van der Waals surface area (Å²) in [6, 6.07) is 8.51. The molecule has 76 valence electrons. The number of Topliss-reactive ketones (excluding diaryl/α,β-unsaturated/α-hetero) is 1. The molecular weight excluding hydrogens is 172 g/mol. The Labute approximate surface area is 86.1 Å². The van der Waals surface area contributed by atoms with Gasteiger partial charge in [0.15, 0.2) is 0 Å². The number of carbonyl (C=O) groups excluding carboxylic acids is 1. The van der Waals surface area contributed by atoms with Gasteiger partial charge in [-0.25, -0.2) is 0 Å². The van der Waals surface area contributed by atoms with Crippen LogP contribution in [0.25, 0.3) is 0 Å². The predicted octanol–water partition coefficient (Wildman–Crippen LogP) is 3.33. The predicted molar refractivity (Wildman–Crippen MR) is 59.5 cm³/mol. The van der Waals surface area contributed by atoms with Crippen molar-refractivity contribution < 1.29 is 4.79 Å². The van der Waals surface area contributed by atoms with Gasteiger partial charge in [-0.1, -0.05) is 38.1 Å². The highest BCUT2D eigenvalue weighted by Crippen LogP contribution is 2.16. The van der Waals surface area contributed by atoms with Crippen molar-refractivity contribution >= 4 is 5.78 Å². The molecule has 0 spiro atoms. The molecule has 1 aromatic rings. The van der Waals surface area contributed by atoms with Crippen molar-refractivity contribution in [3.8, 4) is 0 Å². The normalized spacial score (nSPS) is 10.6. The maximum Gasteiger partial charge on any atom is 0.130 e. The third-order valence-electron chi connectivity index (χ3n) is 2.38. The van der Waals surface area contributed by atoms with Crippen LogP contribution in [0, 0.1) is 0 Å². The Morgan fingerprint density at radius 2 is 2.07 bits per heavy atom. The minimum atomic E-state index is 0.264. The maximum atomic E-state index is 10.8. The Balaban J connectivity index is 2.68. The monoisotopic (exact) mass is 190 g/mol. The van der Waals surface area contributed by atoms with Gasteiger partial charge in [-0.05, 0) is 30.4 Å². The molecule has 0 saturated heterocycles. The molecule has 0 aromatic heterocycles. The summed E-state index contributed by atoms with van der Waals surface area (Å²) in [5.41, 5.74) is 2.62. The van der Waals surface area contributed by atoms with Crippen molar-refractivity contribution in [2.75, 3.05) is 0 Å². The number of carbonyl (C=O) groups is 1. The van der Waals surface area contributed by atoms with E-state index in [1.165, 1.54) is 11.1 Å². The van der Waals surface area contributed by atoms with E-state index in [0.717, 1.165) is 6.42 Å². The quantitative estimate of drug-likeness (QED) is 0.711. The molecule has 0 aliphatic rings. The van der Waals surface area contributed by atoms with Crippen molar-refractivity contribution in [3.63, 3.8) is 0 Å². The Kier molecular flexibility index (Phi) is 3.87. The van der Waals surface area contributed by atoms with Crippen LogP contribution in [0.2, 0.25) is 0 Å². The van der Waals surface area contributed by atoms with Gasteiger partial charge in [-0.2, -0.15) is 0 Å². The Morgan fingerprint density at radius 3 is 2.64 bits per heavy atom. The Bertz CT molecular complexity index is 313. The summed E-state index contributed by atoms with van der Waals surface area (Å²) in [5.74, 6) is 0.826. The lowest BCUT2D eigenvalue weighted by atomic mass is 9.99. The molecule has 0 atom stereocenters. The molecule has 0 unspecified atom stereocenters. The zero-order valence-electron chi connectivity index (χ0n) is 9.21. The Morgan fingerprint density at radius 1 is 1.36 bits per heavy atom. The summed E-state index contributed by atoms with van der Waals surface area (Å²) < 4.78 is 0. The van der Waals surface area contributed by atoms with Gasteiger partial charge < -0.3 is 4.79 Å². The lowest BCUT2D eigenvalue weighted by molar-refractivity contribution is -0.116. The van der Waals surface area contributed by atoms with Crippen LogP contribution < -0.4 is 0 Å². The molecule has 1 aromatic carbocycles. The van der Waals surface area contributed by atoms with Crippen LogP contribution in [0.5, 0.6) is 0 Å². The van der Waals surface area contributed by atoms with E-state index in [0.29, 0.717) is 12.3 Å². The van der Waals surface area contributed by atoms with Crippen molar-refractivity contribution in [1.29, 1.82) is 0 Å². The summed E-state index contributed by atoms with van der Waals surface area (Å²) in [6.45, 7) is 6.01. The van der Waals surface area contributed by atoms with Crippen LogP contribution in [0.4, 0.5) is 0 Å². The average Bonchev–Trinajstić information content (AvgIpc) is 2.15. The lowest BCUT2D eigenvalue weighted by Gasteiger charge is -2.07. The SMILES string of the molecule is CC(=O)CCc1cccc(C(C)C)c1. The molecule has 0 amide bonds. The third-order valence-corrected chi connectivity index (χ3v) is 2.38. The fourth-order valence-electron chi connectivity index (χ4n) is 1.43. The molecular formula is C13H18O. The van der Waals surface area contributed by atoms with Gasteiger partial charge in [0.1, 0.15) is 5.78 Å². The standard InChI is InChI=1S/C13H18O/c1-10(2)13-6-4-5-12(9-13)8-7-11(3)14/h4-6,9-10H,7-8H2,1-3H3. The summed E-state index contributed by atoms with van der Waals surface area (Å²) in [4.78, 5) is 10.8. The molecule has 0 radical (unpaired) electrons. The molecule has 14 heavy (non-hydrogen) atoms. The highest BCUT2D eigenvalue weighted by molar-refractivity contribution is 5.75. The molecule has 0 saturated carbocycles. The zero-order chi connectivity index (χ0) is 10.6. The number of rotatable bonds is 4. The molecule has 1 heteroatoms. The first-order chi connectivity index (χ1) is 6.59. The van der Waals surface area contributed by atoms with Gasteiger partial charge in [0.25, 0.3) is 0 Å². The minimum Gasteiger partial charge on any atom is -0.300 e. The highest BCUT2D eigenvalue weighted by atomic mass is 16.1. The van der Waals surface area contributed by atoms with E-state index in [2.05, 4.69) is 38.1 Å². The van der Waals surface area contributed by atoms with E-state index in [9.17, 15) is 4.79 Å². The van der Waals surface area contributed by atoms with E-state index in [-0.39, 0.29) is 5.78 Å². The summed E-state index contributed by atoms with van der Waals surface area (Å²) in [5, 5.41) is 0. The van der Waals surface area contributed by atoms with Crippen LogP contribution in [0.1, 0.15) is 44.2 Å². The lowest BCUT2D eigenvalue weighted by Crippen LogP contribution is -1.95. The van der Waals surface area contributed by atoms with Gasteiger partial charge in [-0.3, -0.25) is 0 Å².